The molecule has 1 aliphatic rings. The predicted molar refractivity (Wildman–Crippen MR) is 184 cm³/mol. The number of sulfonamides is 1. The molecular formula is C36H36ClF5N4O4S. The lowest BCUT2D eigenvalue weighted by molar-refractivity contribution is -0.274. The van der Waals surface area contributed by atoms with Crippen molar-refractivity contribution >= 4 is 33.2 Å². The third kappa shape index (κ3) is 9.63. The van der Waals surface area contributed by atoms with Gasteiger partial charge in [-0.15, -0.1) is 13.2 Å². The van der Waals surface area contributed by atoms with Gasteiger partial charge in [0.25, 0.3) is 0 Å². The largest absolute Gasteiger partial charge is 0.573 e. The lowest BCUT2D eigenvalue weighted by Crippen LogP contribution is -2.58. The fourth-order valence-corrected chi connectivity index (χ4v) is 8.24. The number of hydrogen-bond donors (Lipinski definition) is 3. The Bertz CT molecular complexity index is 1910. The molecule has 0 spiro atoms. The quantitative estimate of drug-likeness (QED) is 0.138. The van der Waals surface area contributed by atoms with Gasteiger partial charge in [-0.05, 0) is 98.0 Å². The third-order valence-electron chi connectivity index (χ3n) is 8.75. The molecule has 0 aliphatic carbocycles. The Kier molecular flexibility index (Phi) is 12.0. The number of carbonyl (C=O) groups excluding carboxylic acids is 1. The molecule has 1 aliphatic heterocycles. The number of carbonyl (C=O) groups is 1. The number of nitrogens with one attached hydrogen (secondary N) is 2. The molecule has 4 aromatic rings. The predicted octanol–water partition coefficient (Wildman–Crippen LogP) is 6.79. The summed E-state index contributed by atoms with van der Waals surface area (Å²) in [6.45, 7) is 2.24. The summed E-state index contributed by atoms with van der Waals surface area (Å²) in [4.78, 5) is 13.5. The van der Waals surface area contributed by atoms with E-state index < -0.39 is 63.7 Å². The summed E-state index contributed by atoms with van der Waals surface area (Å²) in [6.07, 6.45) is -4.48. The molecule has 1 heterocycles. The molecule has 4 N–H and O–H groups in total. The number of ether oxygens (including phenoxy) is 1. The van der Waals surface area contributed by atoms with E-state index in [1.54, 1.807) is 43.3 Å². The first kappa shape index (κ1) is 38.2. The molecule has 4 aromatic carbocycles. The molecule has 272 valence electrons. The number of benzene rings is 4. The summed E-state index contributed by atoms with van der Waals surface area (Å²) in [5, 5.41) is 6.43. The van der Waals surface area contributed by atoms with Crippen molar-refractivity contribution in [2.24, 2.45) is 5.73 Å². The fraction of sp³-hybridized carbons (Fsp3) is 0.306. The molecule has 15 heteroatoms. The van der Waals surface area contributed by atoms with Crippen LogP contribution < -0.4 is 21.1 Å². The van der Waals surface area contributed by atoms with E-state index in [-0.39, 0.29) is 35.5 Å². The number of rotatable bonds is 12. The molecular weight excluding hydrogens is 715 g/mol. The average molecular weight is 751 g/mol. The van der Waals surface area contributed by atoms with E-state index >= 15 is 4.39 Å². The van der Waals surface area contributed by atoms with Gasteiger partial charge in [0.05, 0.1) is 10.9 Å². The lowest BCUT2D eigenvalue weighted by Gasteiger charge is -2.40. The van der Waals surface area contributed by atoms with E-state index in [1.807, 2.05) is 0 Å². The van der Waals surface area contributed by atoms with E-state index in [2.05, 4.69) is 15.4 Å². The molecule has 0 aromatic heterocycles. The zero-order valence-corrected chi connectivity index (χ0v) is 28.9. The number of piperazine rings is 1. The summed E-state index contributed by atoms with van der Waals surface area (Å²) in [5.74, 6) is -2.75. The maximum atomic E-state index is 15.4. The van der Waals surface area contributed by atoms with Gasteiger partial charge >= 0.3 is 6.36 Å². The fourth-order valence-electron chi connectivity index (χ4n) is 6.27. The third-order valence-corrected chi connectivity index (χ3v) is 11.1. The summed E-state index contributed by atoms with van der Waals surface area (Å²) in [5.41, 5.74) is 8.32. The molecule has 1 saturated heterocycles. The minimum atomic E-state index is -4.93. The van der Waals surface area contributed by atoms with E-state index in [0.717, 1.165) is 29.8 Å². The van der Waals surface area contributed by atoms with E-state index in [4.69, 9.17) is 17.3 Å². The highest BCUT2D eigenvalue weighted by Gasteiger charge is 2.38. The molecule has 4 atom stereocenters. The highest BCUT2D eigenvalue weighted by Crippen LogP contribution is 2.31. The summed E-state index contributed by atoms with van der Waals surface area (Å²) in [6, 6.07) is 18.5. The number of amides is 1. The zero-order valence-electron chi connectivity index (χ0n) is 27.3. The lowest BCUT2D eigenvalue weighted by atomic mass is 9.85. The SMILES string of the molecule is C[C@H]1CNC[C@H](CCc2c(F)cccc2NC(=O)C(N)C(Cc2ccc(F)cc2)c2ccc(Cl)cc2)N1S(=O)(=O)c1ccc(OC(F)(F)F)cc1. The van der Waals surface area contributed by atoms with Crippen LogP contribution in [0.25, 0.3) is 0 Å². The van der Waals surface area contributed by atoms with Crippen molar-refractivity contribution in [3.8, 4) is 5.75 Å². The Labute approximate surface area is 297 Å². The second-order valence-corrected chi connectivity index (χ2v) is 14.6. The van der Waals surface area contributed by atoms with Crippen molar-refractivity contribution in [1.29, 1.82) is 0 Å². The second kappa shape index (κ2) is 16.1. The second-order valence-electron chi connectivity index (χ2n) is 12.3. The minimum Gasteiger partial charge on any atom is -0.406 e. The van der Waals surface area contributed by atoms with Crippen LogP contribution >= 0.6 is 11.6 Å². The summed E-state index contributed by atoms with van der Waals surface area (Å²) >= 11 is 6.09. The van der Waals surface area contributed by atoms with Crippen molar-refractivity contribution in [2.75, 3.05) is 18.4 Å². The normalized spacial score (nSPS) is 18.2. The van der Waals surface area contributed by atoms with Gasteiger partial charge in [0, 0.05) is 47.4 Å². The van der Waals surface area contributed by atoms with Crippen molar-refractivity contribution < 1.29 is 39.9 Å². The minimum absolute atomic E-state index is 0.0250. The molecule has 1 fully saturated rings. The van der Waals surface area contributed by atoms with Gasteiger partial charge in [-0.2, -0.15) is 4.31 Å². The first-order chi connectivity index (χ1) is 24.1. The van der Waals surface area contributed by atoms with Crippen molar-refractivity contribution in [2.45, 2.75) is 61.5 Å². The summed E-state index contributed by atoms with van der Waals surface area (Å²) < 4.78 is 99.6. The van der Waals surface area contributed by atoms with Crippen LogP contribution in [0.15, 0.2) is 95.9 Å². The van der Waals surface area contributed by atoms with Gasteiger partial charge in [0.1, 0.15) is 17.4 Å². The van der Waals surface area contributed by atoms with Crippen LogP contribution in [0.2, 0.25) is 5.02 Å². The molecule has 0 bridgehead atoms. The zero-order chi connectivity index (χ0) is 36.9. The van der Waals surface area contributed by atoms with Crippen LogP contribution in [0.5, 0.6) is 5.75 Å². The number of alkyl halides is 3. The van der Waals surface area contributed by atoms with Gasteiger partial charge < -0.3 is 21.1 Å². The highest BCUT2D eigenvalue weighted by atomic mass is 35.5. The van der Waals surface area contributed by atoms with Gasteiger partial charge in [0.15, 0.2) is 0 Å². The Balaban J connectivity index is 1.34. The van der Waals surface area contributed by atoms with Crippen LogP contribution in [0.4, 0.5) is 27.6 Å². The van der Waals surface area contributed by atoms with Crippen LogP contribution in [0, 0.1) is 11.6 Å². The van der Waals surface area contributed by atoms with Gasteiger partial charge in [0.2, 0.25) is 15.9 Å². The smallest absolute Gasteiger partial charge is 0.406 e. The number of anilines is 1. The standard InChI is InChI=1S/C36H36ClF5N4O4S/c1-22-20-44-21-27(46(22)51(48,49)29-16-14-28(15-17-29)50-36(40,41)42)13-18-30-32(39)3-2-4-33(30)45-35(47)34(43)31(24-7-9-25(37)10-8-24)19-23-5-11-26(38)12-6-23/h2-12,14-17,22,27,31,34,44H,13,18-21,43H2,1H3,(H,45,47)/t22-,27-,31?,34?/m0/s1. The van der Waals surface area contributed by atoms with Gasteiger partial charge in [-0.1, -0.05) is 41.9 Å². The molecule has 0 radical (unpaired) electrons. The number of halogens is 6. The Morgan fingerprint density at radius 2 is 1.67 bits per heavy atom. The Hall–Kier alpha value is -4.08. The Morgan fingerprint density at radius 1 is 1.00 bits per heavy atom. The molecule has 5 rings (SSSR count). The number of nitrogens with zero attached hydrogens (tertiary/aromatic N) is 1. The van der Waals surface area contributed by atoms with Crippen molar-refractivity contribution in [3.63, 3.8) is 0 Å². The number of hydrogen-bond acceptors (Lipinski definition) is 6. The van der Waals surface area contributed by atoms with Crippen LogP contribution in [-0.4, -0.2) is 56.2 Å². The van der Waals surface area contributed by atoms with Crippen LogP contribution in [0.3, 0.4) is 0 Å². The van der Waals surface area contributed by atoms with E-state index in [1.165, 1.54) is 34.6 Å². The molecule has 0 saturated carbocycles. The first-order valence-electron chi connectivity index (χ1n) is 16.1. The maximum absolute atomic E-state index is 15.4. The Morgan fingerprint density at radius 3 is 2.31 bits per heavy atom. The molecule has 8 nitrogen and oxygen atoms in total. The summed E-state index contributed by atoms with van der Waals surface area (Å²) in [7, 11) is -4.20. The number of nitrogens with two attached hydrogens (primary N) is 1. The molecule has 2 unspecified atom stereocenters. The molecule has 1 amide bonds. The average Bonchev–Trinajstić information content (AvgIpc) is 3.07. The first-order valence-corrected chi connectivity index (χ1v) is 17.9. The molecule has 51 heavy (non-hydrogen) atoms. The highest BCUT2D eigenvalue weighted by molar-refractivity contribution is 7.89. The van der Waals surface area contributed by atoms with Crippen molar-refractivity contribution in [1.82, 2.24) is 9.62 Å². The van der Waals surface area contributed by atoms with E-state index in [9.17, 15) is 30.8 Å². The van der Waals surface area contributed by atoms with Crippen LogP contribution in [-0.2, 0) is 27.7 Å². The van der Waals surface area contributed by atoms with Crippen molar-refractivity contribution in [3.05, 3.63) is 124 Å². The maximum Gasteiger partial charge on any atom is 0.573 e. The topological polar surface area (TPSA) is 114 Å². The monoisotopic (exact) mass is 750 g/mol. The van der Waals surface area contributed by atoms with Crippen LogP contribution in [0.1, 0.15) is 36.0 Å². The van der Waals surface area contributed by atoms with E-state index in [0.29, 0.717) is 23.6 Å². The van der Waals surface area contributed by atoms with Gasteiger partial charge in [-0.3, -0.25) is 4.79 Å². The van der Waals surface area contributed by atoms with Gasteiger partial charge in [-0.25, -0.2) is 17.2 Å².